The number of likely N-dealkylation sites (N-methyl/N-ethyl adjacent to an activating group) is 1. The largest absolute Gasteiger partial charge is 0.368 e. The molecule has 0 spiro atoms. The van der Waals surface area contributed by atoms with Crippen molar-refractivity contribution in [1.29, 1.82) is 0 Å². The van der Waals surface area contributed by atoms with Crippen molar-refractivity contribution in [3.8, 4) is 0 Å². The summed E-state index contributed by atoms with van der Waals surface area (Å²) in [5.41, 5.74) is 6.79. The second kappa shape index (κ2) is 6.65. The van der Waals surface area contributed by atoms with Crippen LogP contribution in [-0.4, -0.2) is 22.8 Å². The molecular formula is C15H15ClFN3O. The first-order chi connectivity index (χ1) is 9.99. The lowest BCUT2D eigenvalue weighted by molar-refractivity contribution is -0.123. The summed E-state index contributed by atoms with van der Waals surface area (Å²) in [6.07, 6.45) is 3.16. The van der Waals surface area contributed by atoms with Crippen LogP contribution in [0.25, 0.3) is 0 Å². The maximum atomic E-state index is 13.3. The Kier molecular flexibility index (Phi) is 4.88. The maximum absolute atomic E-state index is 13.3. The Morgan fingerprint density at radius 3 is 2.86 bits per heavy atom. The highest BCUT2D eigenvalue weighted by atomic mass is 35.5. The lowest BCUT2D eigenvalue weighted by atomic mass is 10.0. The third kappa shape index (κ3) is 3.77. The smallest absolute Gasteiger partial charge is 0.239 e. The van der Waals surface area contributed by atoms with Crippen molar-refractivity contribution >= 4 is 17.5 Å². The zero-order valence-corrected chi connectivity index (χ0v) is 12.2. The van der Waals surface area contributed by atoms with E-state index in [0.717, 1.165) is 5.56 Å². The van der Waals surface area contributed by atoms with E-state index in [1.807, 2.05) is 0 Å². The van der Waals surface area contributed by atoms with Gasteiger partial charge in [0.25, 0.3) is 0 Å². The summed E-state index contributed by atoms with van der Waals surface area (Å²) in [6.45, 7) is 0.394. The van der Waals surface area contributed by atoms with E-state index in [9.17, 15) is 9.18 Å². The number of nitrogens with zero attached hydrogens (tertiary/aromatic N) is 2. The van der Waals surface area contributed by atoms with Crippen LogP contribution >= 0.6 is 11.6 Å². The summed E-state index contributed by atoms with van der Waals surface area (Å²) in [7, 11) is 1.73. The van der Waals surface area contributed by atoms with E-state index in [0.29, 0.717) is 17.1 Å². The summed E-state index contributed by atoms with van der Waals surface area (Å²) in [5.74, 6) is -0.956. The third-order valence-corrected chi connectivity index (χ3v) is 3.49. The van der Waals surface area contributed by atoms with Crippen LogP contribution in [0.2, 0.25) is 5.02 Å². The molecule has 0 bridgehead atoms. The van der Waals surface area contributed by atoms with Gasteiger partial charge in [-0.1, -0.05) is 23.7 Å². The molecule has 1 aromatic carbocycles. The number of carbonyl (C=O) groups excluding carboxylic acids is 1. The van der Waals surface area contributed by atoms with Gasteiger partial charge in [0.1, 0.15) is 11.9 Å². The van der Waals surface area contributed by atoms with Gasteiger partial charge in [-0.05, 0) is 36.4 Å². The van der Waals surface area contributed by atoms with Crippen molar-refractivity contribution in [2.75, 3.05) is 7.05 Å². The Morgan fingerprint density at radius 2 is 2.24 bits per heavy atom. The fraction of sp³-hybridized carbons (Fsp3) is 0.200. The van der Waals surface area contributed by atoms with Gasteiger partial charge in [0, 0.05) is 18.9 Å². The van der Waals surface area contributed by atoms with Gasteiger partial charge in [0.15, 0.2) is 0 Å². The molecule has 110 valence electrons. The van der Waals surface area contributed by atoms with Gasteiger partial charge in [-0.3, -0.25) is 14.7 Å². The number of pyridine rings is 1. The number of rotatable bonds is 5. The van der Waals surface area contributed by atoms with Crippen molar-refractivity contribution in [1.82, 2.24) is 9.88 Å². The number of aromatic nitrogens is 1. The molecular weight excluding hydrogens is 293 g/mol. The molecule has 0 unspecified atom stereocenters. The summed E-state index contributed by atoms with van der Waals surface area (Å²) < 4.78 is 13.3. The van der Waals surface area contributed by atoms with Crippen LogP contribution in [0.5, 0.6) is 0 Å². The van der Waals surface area contributed by atoms with Gasteiger partial charge in [-0.25, -0.2) is 4.39 Å². The number of amides is 1. The summed E-state index contributed by atoms with van der Waals surface area (Å²) in [6, 6.07) is 6.88. The van der Waals surface area contributed by atoms with Crippen molar-refractivity contribution < 1.29 is 9.18 Å². The van der Waals surface area contributed by atoms with Gasteiger partial charge < -0.3 is 5.73 Å². The summed E-state index contributed by atoms with van der Waals surface area (Å²) >= 11 is 6.06. The molecule has 0 aliphatic carbocycles. The number of halogens is 2. The molecule has 0 radical (unpaired) electrons. The van der Waals surface area contributed by atoms with Gasteiger partial charge in [-0.15, -0.1) is 0 Å². The standard InChI is InChI=1S/C15H15ClFN3O/c1-20(9-11-5-6-19-8-13(11)16)14(15(18)21)10-3-2-4-12(17)7-10/h2-8,14H,9H2,1H3,(H2,18,21)/t14-/m0/s1. The fourth-order valence-electron chi connectivity index (χ4n) is 2.20. The SMILES string of the molecule is CN(Cc1ccncc1Cl)[C@H](C(N)=O)c1cccc(F)c1. The third-order valence-electron chi connectivity index (χ3n) is 3.15. The van der Waals surface area contributed by atoms with E-state index < -0.39 is 17.8 Å². The minimum atomic E-state index is -0.732. The average molecular weight is 308 g/mol. The second-order valence-electron chi connectivity index (χ2n) is 4.74. The highest BCUT2D eigenvalue weighted by Crippen LogP contribution is 2.24. The number of hydrogen-bond acceptors (Lipinski definition) is 3. The molecule has 2 N–H and O–H groups in total. The quantitative estimate of drug-likeness (QED) is 0.923. The highest BCUT2D eigenvalue weighted by Gasteiger charge is 2.23. The van der Waals surface area contributed by atoms with E-state index in [4.69, 9.17) is 17.3 Å². The number of nitrogens with two attached hydrogens (primary N) is 1. The molecule has 1 aromatic heterocycles. The van der Waals surface area contributed by atoms with Crippen LogP contribution in [0.3, 0.4) is 0 Å². The van der Waals surface area contributed by atoms with E-state index in [2.05, 4.69) is 4.98 Å². The Hall–Kier alpha value is -1.98. The van der Waals surface area contributed by atoms with Gasteiger partial charge in [0.05, 0.1) is 5.02 Å². The van der Waals surface area contributed by atoms with E-state index >= 15 is 0 Å². The highest BCUT2D eigenvalue weighted by molar-refractivity contribution is 6.31. The van der Waals surface area contributed by atoms with E-state index in [1.54, 1.807) is 36.3 Å². The van der Waals surface area contributed by atoms with Crippen LogP contribution < -0.4 is 5.73 Å². The summed E-state index contributed by atoms with van der Waals surface area (Å²) in [4.78, 5) is 17.4. The molecule has 0 saturated carbocycles. The minimum absolute atomic E-state index is 0.394. The molecule has 2 aromatic rings. The Balaban J connectivity index is 2.26. The minimum Gasteiger partial charge on any atom is -0.368 e. The topological polar surface area (TPSA) is 59.2 Å². The molecule has 6 heteroatoms. The lowest BCUT2D eigenvalue weighted by Crippen LogP contribution is -2.35. The lowest BCUT2D eigenvalue weighted by Gasteiger charge is -2.26. The summed E-state index contributed by atoms with van der Waals surface area (Å²) in [5, 5.41) is 0.506. The fourth-order valence-corrected chi connectivity index (χ4v) is 2.38. The first kappa shape index (κ1) is 15.4. The van der Waals surface area contributed by atoms with Crippen molar-refractivity contribution in [2.24, 2.45) is 5.73 Å². The normalized spacial score (nSPS) is 12.4. The van der Waals surface area contributed by atoms with Crippen LogP contribution in [0.4, 0.5) is 4.39 Å². The molecule has 0 aliphatic rings. The molecule has 1 atom stereocenters. The number of benzene rings is 1. The molecule has 1 amide bonds. The number of carbonyl (C=O) groups is 1. The first-order valence-corrected chi connectivity index (χ1v) is 6.70. The predicted octanol–water partition coefficient (Wildman–Crippen LogP) is 2.53. The molecule has 0 aliphatic heterocycles. The number of primary amides is 1. The molecule has 1 heterocycles. The maximum Gasteiger partial charge on any atom is 0.239 e. The zero-order valence-electron chi connectivity index (χ0n) is 11.5. The van der Waals surface area contributed by atoms with E-state index in [1.165, 1.54) is 18.3 Å². The molecule has 0 saturated heterocycles. The predicted molar refractivity (Wildman–Crippen MR) is 79.0 cm³/mol. The van der Waals surface area contributed by atoms with Crippen LogP contribution in [-0.2, 0) is 11.3 Å². The van der Waals surface area contributed by atoms with Crippen molar-refractivity contribution in [3.05, 3.63) is 64.7 Å². The molecule has 4 nitrogen and oxygen atoms in total. The average Bonchev–Trinajstić information content (AvgIpc) is 2.41. The monoisotopic (exact) mass is 307 g/mol. The Labute approximate surface area is 127 Å². The Bertz CT molecular complexity index is 650. The van der Waals surface area contributed by atoms with Gasteiger partial charge in [-0.2, -0.15) is 0 Å². The van der Waals surface area contributed by atoms with Crippen molar-refractivity contribution in [2.45, 2.75) is 12.6 Å². The Morgan fingerprint density at radius 1 is 1.48 bits per heavy atom. The van der Waals surface area contributed by atoms with Gasteiger partial charge >= 0.3 is 0 Å². The second-order valence-corrected chi connectivity index (χ2v) is 5.15. The zero-order chi connectivity index (χ0) is 15.4. The van der Waals surface area contributed by atoms with Crippen LogP contribution in [0.1, 0.15) is 17.2 Å². The molecule has 21 heavy (non-hydrogen) atoms. The van der Waals surface area contributed by atoms with Crippen LogP contribution in [0, 0.1) is 5.82 Å². The molecule has 0 fully saturated rings. The number of hydrogen-bond donors (Lipinski definition) is 1. The van der Waals surface area contributed by atoms with Crippen molar-refractivity contribution in [3.63, 3.8) is 0 Å². The van der Waals surface area contributed by atoms with E-state index in [-0.39, 0.29) is 0 Å². The first-order valence-electron chi connectivity index (χ1n) is 6.32. The molecule has 2 rings (SSSR count). The van der Waals surface area contributed by atoms with Crippen LogP contribution in [0.15, 0.2) is 42.7 Å². The van der Waals surface area contributed by atoms with Gasteiger partial charge in [0.2, 0.25) is 5.91 Å².